The second kappa shape index (κ2) is 6.29. The van der Waals surface area contributed by atoms with Crippen LogP contribution >= 0.6 is 0 Å². The van der Waals surface area contributed by atoms with Crippen LogP contribution in [0.5, 0.6) is 0 Å². The van der Waals surface area contributed by atoms with Crippen molar-refractivity contribution in [1.82, 2.24) is 14.9 Å². The molecule has 0 radical (unpaired) electrons. The van der Waals surface area contributed by atoms with Gasteiger partial charge in [-0.25, -0.2) is 21.9 Å². The summed E-state index contributed by atoms with van der Waals surface area (Å²) in [7, 11) is -3.87. The average molecular weight is 317 g/mol. The third-order valence-corrected chi connectivity index (χ3v) is 4.22. The number of nitrogens with zero attached hydrogens (tertiary/aromatic N) is 1. The molecule has 0 bridgehead atoms. The quantitative estimate of drug-likeness (QED) is 0.731. The van der Waals surface area contributed by atoms with Crippen LogP contribution in [0.3, 0.4) is 0 Å². The highest BCUT2D eigenvalue weighted by Crippen LogP contribution is 2.12. The summed E-state index contributed by atoms with van der Waals surface area (Å²) < 4.78 is 52.2. The second-order valence-electron chi connectivity index (χ2n) is 4.31. The minimum Gasteiger partial charge on any atom is -0.392 e. The molecule has 0 fully saturated rings. The Labute approximate surface area is 119 Å². The van der Waals surface area contributed by atoms with Gasteiger partial charge >= 0.3 is 0 Å². The third kappa shape index (κ3) is 3.84. The topological polar surface area (TPSA) is 95.1 Å². The number of aliphatic hydroxyl groups is 1. The molecule has 0 aliphatic rings. The minimum atomic E-state index is -3.87. The molecule has 9 heteroatoms. The van der Waals surface area contributed by atoms with Crippen LogP contribution < -0.4 is 4.72 Å². The smallest absolute Gasteiger partial charge is 0.257 e. The van der Waals surface area contributed by atoms with E-state index in [1.54, 1.807) is 0 Å². The van der Waals surface area contributed by atoms with Crippen molar-refractivity contribution in [3.8, 4) is 0 Å². The molecule has 0 unspecified atom stereocenters. The van der Waals surface area contributed by atoms with E-state index in [9.17, 15) is 17.2 Å². The lowest BCUT2D eigenvalue weighted by molar-refractivity contribution is 0.278. The van der Waals surface area contributed by atoms with Crippen molar-refractivity contribution >= 4 is 10.0 Å². The molecule has 0 amide bonds. The van der Waals surface area contributed by atoms with Crippen molar-refractivity contribution in [2.75, 3.05) is 6.54 Å². The van der Waals surface area contributed by atoms with Gasteiger partial charge in [0.25, 0.3) is 10.0 Å². The van der Waals surface area contributed by atoms with Crippen LogP contribution in [0.25, 0.3) is 0 Å². The van der Waals surface area contributed by atoms with Gasteiger partial charge in [0.15, 0.2) is 5.03 Å². The lowest BCUT2D eigenvalue weighted by atomic mass is 10.1. The van der Waals surface area contributed by atoms with Gasteiger partial charge < -0.3 is 5.11 Å². The molecular formula is C12H13F2N3O3S. The van der Waals surface area contributed by atoms with E-state index in [-0.39, 0.29) is 23.6 Å². The Morgan fingerprint density at radius 3 is 2.52 bits per heavy atom. The molecule has 1 aromatic heterocycles. The Kier molecular flexibility index (Phi) is 4.66. The SMILES string of the molecule is O=S(=O)(NCCc1cc(F)cc(F)c1)c1[nH]ncc1CO. The maximum Gasteiger partial charge on any atom is 0.257 e. The molecule has 0 aliphatic heterocycles. The number of aromatic amines is 1. The summed E-state index contributed by atoms with van der Waals surface area (Å²) >= 11 is 0. The average Bonchev–Trinajstić information content (AvgIpc) is 2.86. The van der Waals surface area contributed by atoms with E-state index in [1.807, 2.05) is 0 Å². The highest BCUT2D eigenvalue weighted by molar-refractivity contribution is 7.89. The predicted octanol–water partition coefficient (Wildman–Crippen LogP) is 0.701. The fraction of sp³-hybridized carbons (Fsp3) is 0.250. The zero-order valence-corrected chi connectivity index (χ0v) is 11.6. The Morgan fingerprint density at radius 2 is 1.90 bits per heavy atom. The van der Waals surface area contributed by atoms with Gasteiger partial charge in [-0.1, -0.05) is 0 Å². The van der Waals surface area contributed by atoms with Crippen LogP contribution in [0, 0.1) is 11.6 Å². The summed E-state index contributed by atoms with van der Waals surface area (Å²) in [6, 6.07) is 3.01. The first-order valence-electron chi connectivity index (χ1n) is 6.00. The van der Waals surface area contributed by atoms with E-state index in [2.05, 4.69) is 14.9 Å². The monoisotopic (exact) mass is 317 g/mol. The van der Waals surface area contributed by atoms with Crippen LogP contribution in [-0.4, -0.2) is 30.3 Å². The van der Waals surface area contributed by atoms with Crippen LogP contribution in [0.15, 0.2) is 29.4 Å². The summed E-state index contributed by atoms with van der Waals surface area (Å²) in [5.74, 6) is -1.44. The first-order chi connectivity index (χ1) is 9.92. The van der Waals surface area contributed by atoms with Gasteiger partial charge in [-0.2, -0.15) is 5.10 Å². The molecule has 6 nitrogen and oxygen atoms in total. The van der Waals surface area contributed by atoms with E-state index in [4.69, 9.17) is 5.11 Å². The fourth-order valence-corrected chi connectivity index (χ4v) is 2.95. The van der Waals surface area contributed by atoms with Gasteiger partial charge in [-0.3, -0.25) is 5.10 Å². The number of aliphatic hydroxyl groups excluding tert-OH is 1. The van der Waals surface area contributed by atoms with Crippen molar-refractivity contribution in [2.24, 2.45) is 0 Å². The molecule has 0 aliphatic carbocycles. The largest absolute Gasteiger partial charge is 0.392 e. The van der Waals surface area contributed by atoms with Crippen LogP contribution in [0.2, 0.25) is 0 Å². The van der Waals surface area contributed by atoms with Gasteiger partial charge in [0.1, 0.15) is 11.6 Å². The lowest BCUT2D eigenvalue weighted by Crippen LogP contribution is -2.27. The number of sulfonamides is 1. The number of aromatic nitrogens is 2. The molecule has 0 spiro atoms. The molecule has 2 rings (SSSR count). The number of benzene rings is 1. The third-order valence-electron chi connectivity index (χ3n) is 2.75. The number of halogens is 2. The number of hydrogen-bond donors (Lipinski definition) is 3. The maximum atomic E-state index is 13.0. The summed E-state index contributed by atoms with van der Waals surface area (Å²) in [5, 5.41) is 14.6. The van der Waals surface area contributed by atoms with Gasteiger partial charge in [-0.05, 0) is 24.1 Å². The van der Waals surface area contributed by atoms with Crippen molar-refractivity contribution in [3.05, 3.63) is 47.2 Å². The van der Waals surface area contributed by atoms with E-state index >= 15 is 0 Å². The van der Waals surface area contributed by atoms with E-state index in [0.29, 0.717) is 5.56 Å². The van der Waals surface area contributed by atoms with Gasteiger partial charge in [-0.15, -0.1) is 0 Å². The van der Waals surface area contributed by atoms with Crippen LogP contribution in [0.1, 0.15) is 11.1 Å². The van der Waals surface area contributed by atoms with Crippen molar-refractivity contribution in [3.63, 3.8) is 0 Å². The zero-order chi connectivity index (χ0) is 15.5. The zero-order valence-electron chi connectivity index (χ0n) is 10.8. The molecule has 0 saturated carbocycles. The molecule has 1 aromatic carbocycles. The van der Waals surface area contributed by atoms with E-state index in [0.717, 1.165) is 18.2 Å². The summed E-state index contributed by atoms with van der Waals surface area (Å²) in [4.78, 5) is 0. The summed E-state index contributed by atoms with van der Waals surface area (Å²) in [6.07, 6.45) is 1.33. The molecular weight excluding hydrogens is 304 g/mol. The Morgan fingerprint density at radius 1 is 1.24 bits per heavy atom. The Hall–Kier alpha value is -1.84. The van der Waals surface area contributed by atoms with Crippen LogP contribution in [-0.2, 0) is 23.1 Å². The minimum absolute atomic E-state index is 0.0465. The first-order valence-corrected chi connectivity index (χ1v) is 7.48. The van der Waals surface area contributed by atoms with Crippen molar-refractivity contribution < 1.29 is 22.3 Å². The highest BCUT2D eigenvalue weighted by atomic mass is 32.2. The number of H-pyrrole nitrogens is 1. The number of rotatable bonds is 6. The maximum absolute atomic E-state index is 13.0. The van der Waals surface area contributed by atoms with Gasteiger partial charge in [0.2, 0.25) is 0 Å². The molecule has 21 heavy (non-hydrogen) atoms. The molecule has 0 saturated heterocycles. The summed E-state index contributed by atoms with van der Waals surface area (Å²) in [5.41, 5.74) is 0.474. The van der Waals surface area contributed by atoms with Gasteiger partial charge in [0.05, 0.1) is 12.8 Å². The molecule has 114 valence electrons. The van der Waals surface area contributed by atoms with Crippen LogP contribution in [0.4, 0.5) is 8.78 Å². The van der Waals surface area contributed by atoms with Crippen molar-refractivity contribution in [1.29, 1.82) is 0 Å². The molecule has 3 N–H and O–H groups in total. The highest BCUT2D eigenvalue weighted by Gasteiger charge is 2.19. The van der Waals surface area contributed by atoms with Crippen molar-refractivity contribution in [2.45, 2.75) is 18.1 Å². The van der Waals surface area contributed by atoms with E-state index < -0.39 is 28.3 Å². The first kappa shape index (κ1) is 15.5. The normalized spacial score (nSPS) is 11.8. The van der Waals surface area contributed by atoms with Gasteiger partial charge in [0, 0.05) is 18.2 Å². The standard InChI is InChI=1S/C12H13F2N3O3S/c13-10-3-8(4-11(14)5-10)1-2-16-21(19,20)12-9(7-18)6-15-17-12/h3-6,16,18H,1-2,7H2,(H,15,17). The lowest BCUT2D eigenvalue weighted by Gasteiger charge is -2.06. The molecule has 0 atom stereocenters. The predicted molar refractivity (Wildman–Crippen MR) is 69.8 cm³/mol. The number of hydrogen-bond acceptors (Lipinski definition) is 4. The molecule has 1 heterocycles. The Bertz CT molecular complexity index is 711. The molecule has 2 aromatic rings. The second-order valence-corrected chi connectivity index (χ2v) is 6.01. The van der Waals surface area contributed by atoms with E-state index in [1.165, 1.54) is 6.20 Å². The summed E-state index contributed by atoms with van der Waals surface area (Å²) in [6.45, 7) is -0.517. The number of nitrogens with one attached hydrogen (secondary N) is 2. The fourth-order valence-electron chi connectivity index (χ4n) is 1.80. The Balaban J connectivity index is 2.02.